The average Bonchev–Trinajstić information content (AvgIpc) is 3.25. The summed E-state index contributed by atoms with van der Waals surface area (Å²) in [5, 5.41) is 0. The van der Waals surface area contributed by atoms with E-state index < -0.39 is 0 Å². The smallest absolute Gasteiger partial charge is 0.219 e. The molecule has 1 amide bonds. The summed E-state index contributed by atoms with van der Waals surface area (Å²) in [6, 6.07) is 0.464. The van der Waals surface area contributed by atoms with Gasteiger partial charge in [0.05, 0.1) is 17.6 Å². The predicted molar refractivity (Wildman–Crippen MR) is 115 cm³/mol. The molecule has 3 aliphatic carbocycles. The van der Waals surface area contributed by atoms with Gasteiger partial charge < -0.3 is 4.90 Å². The quantitative estimate of drug-likeness (QED) is 0.718. The van der Waals surface area contributed by atoms with Crippen molar-refractivity contribution in [3.8, 4) is 0 Å². The van der Waals surface area contributed by atoms with Gasteiger partial charge in [-0.25, -0.2) is 4.98 Å². The van der Waals surface area contributed by atoms with E-state index in [1.807, 2.05) is 12.4 Å². The Morgan fingerprint density at radius 1 is 1.17 bits per heavy atom. The third kappa shape index (κ3) is 2.67. The van der Waals surface area contributed by atoms with Gasteiger partial charge in [-0.05, 0) is 79.1 Å². The minimum Gasteiger partial charge on any atom is -0.339 e. The number of hydrogen-bond donors (Lipinski definition) is 0. The van der Waals surface area contributed by atoms with Gasteiger partial charge in [0.2, 0.25) is 5.91 Å². The van der Waals surface area contributed by atoms with Crippen LogP contribution in [0, 0.1) is 28.6 Å². The number of hydrogen-bond acceptors (Lipinski definition) is 3. The maximum atomic E-state index is 12.2. The van der Waals surface area contributed by atoms with Crippen LogP contribution in [0.15, 0.2) is 18.5 Å². The standard InChI is InChI=1S/C25H35N3O/c1-5-17-14-26-15-22(27-17)21-8-7-19-18-6-9-23-25(4,12-13-28(23)16(2)29)20(18)10-11-24(19,21)3/h8,14-15,18-20,23H,5-7,9-13H2,1-4H3. The zero-order valence-electron chi connectivity index (χ0n) is 18.4. The monoisotopic (exact) mass is 393 g/mol. The van der Waals surface area contributed by atoms with Crippen LogP contribution in [0.1, 0.15) is 77.6 Å². The molecule has 0 bridgehead atoms. The number of amides is 1. The molecule has 0 radical (unpaired) electrons. The first kappa shape index (κ1) is 19.3. The van der Waals surface area contributed by atoms with E-state index in [4.69, 9.17) is 4.98 Å². The Labute approximate surface area is 175 Å². The van der Waals surface area contributed by atoms with Gasteiger partial charge >= 0.3 is 0 Å². The number of rotatable bonds is 2. The lowest BCUT2D eigenvalue weighted by Gasteiger charge is -2.57. The molecule has 1 aliphatic heterocycles. The molecule has 4 heteroatoms. The Kier molecular flexibility index (Phi) is 4.42. The van der Waals surface area contributed by atoms with Gasteiger partial charge in [-0.2, -0.15) is 0 Å². The third-order valence-corrected chi connectivity index (χ3v) is 9.39. The topological polar surface area (TPSA) is 46.1 Å². The molecule has 5 rings (SSSR count). The van der Waals surface area contributed by atoms with Crippen LogP contribution in [0.25, 0.3) is 5.57 Å². The predicted octanol–water partition coefficient (Wildman–Crippen LogP) is 4.90. The van der Waals surface area contributed by atoms with Crippen LogP contribution in [0.4, 0.5) is 0 Å². The van der Waals surface area contributed by atoms with Crippen molar-refractivity contribution in [1.29, 1.82) is 0 Å². The Bertz CT molecular complexity index is 863. The van der Waals surface area contributed by atoms with Crippen molar-refractivity contribution in [2.24, 2.45) is 28.6 Å². The van der Waals surface area contributed by atoms with Gasteiger partial charge in [0.25, 0.3) is 0 Å². The van der Waals surface area contributed by atoms with Gasteiger partial charge in [0, 0.05) is 25.7 Å². The summed E-state index contributed by atoms with van der Waals surface area (Å²) in [4.78, 5) is 23.8. The van der Waals surface area contributed by atoms with Crippen LogP contribution < -0.4 is 0 Å². The second kappa shape index (κ2) is 6.65. The Balaban J connectivity index is 1.43. The average molecular weight is 394 g/mol. The van der Waals surface area contributed by atoms with Crippen LogP contribution in [-0.4, -0.2) is 33.4 Å². The zero-order chi connectivity index (χ0) is 20.4. The van der Waals surface area contributed by atoms with Crippen molar-refractivity contribution >= 4 is 11.5 Å². The van der Waals surface area contributed by atoms with Crippen LogP contribution in [0.5, 0.6) is 0 Å². The van der Waals surface area contributed by atoms with Crippen molar-refractivity contribution < 1.29 is 4.79 Å². The zero-order valence-corrected chi connectivity index (χ0v) is 18.4. The lowest BCUT2D eigenvalue weighted by atomic mass is 9.48. The minimum atomic E-state index is 0.226. The van der Waals surface area contributed by atoms with Crippen molar-refractivity contribution in [2.45, 2.75) is 78.7 Å². The van der Waals surface area contributed by atoms with E-state index in [1.54, 1.807) is 6.92 Å². The van der Waals surface area contributed by atoms with E-state index in [9.17, 15) is 4.79 Å². The fraction of sp³-hybridized carbons (Fsp3) is 0.720. The molecule has 3 fully saturated rings. The maximum absolute atomic E-state index is 12.2. The van der Waals surface area contributed by atoms with Gasteiger partial charge in [-0.1, -0.05) is 26.8 Å². The molecule has 2 saturated carbocycles. The van der Waals surface area contributed by atoms with E-state index in [0.29, 0.717) is 17.4 Å². The molecule has 4 nitrogen and oxygen atoms in total. The van der Waals surface area contributed by atoms with Crippen LogP contribution >= 0.6 is 0 Å². The van der Waals surface area contributed by atoms with E-state index >= 15 is 0 Å². The number of aromatic nitrogens is 2. The second-order valence-corrected chi connectivity index (χ2v) is 10.5. The summed E-state index contributed by atoms with van der Waals surface area (Å²) >= 11 is 0. The molecule has 1 aromatic heterocycles. The fourth-order valence-electron chi connectivity index (χ4n) is 7.86. The molecular formula is C25H35N3O. The second-order valence-electron chi connectivity index (χ2n) is 10.5. The third-order valence-electron chi connectivity index (χ3n) is 9.39. The number of allylic oxidation sites excluding steroid dienone is 2. The Morgan fingerprint density at radius 2 is 2.00 bits per heavy atom. The molecule has 29 heavy (non-hydrogen) atoms. The van der Waals surface area contributed by atoms with Crippen molar-refractivity contribution in [2.75, 3.05) is 6.54 Å². The summed E-state index contributed by atoms with van der Waals surface area (Å²) in [6.45, 7) is 9.87. The first-order chi connectivity index (χ1) is 13.9. The Morgan fingerprint density at radius 3 is 2.76 bits per heavy atom. The highest BCUT2D eigenvalue weighted by Crippen LogP contribution is 2.66. The number of carbonyl (C=O) groups excluding carboxylic acids is 1. The lowest BCUT2D eigenvalue weighted by Crippen LogP contribution is -2.54. The first-order valence-corrected chi connectivity index (χ1v) is 11.7. The molecular weight excluding hydrogens is 358 g/mol. The van der Waals surface area contributed by atoms with Gasteiger partial charge in [0.15, 0.2) is 0 Å². The highest BCUT2D eigenvalue weighted by Gasteiger charge is 2.60. The maximum Gasteiger partial charge on any atom is 0.219 e. The number of aryl methyl sites for hydroxylation is 1. The number of fused-ring (bicyclic) bond motifs is 5. The summed E-state index contributed by atoms with van der Waals surface area (Å²) in [5.74, 6) is 2.52. The molecule has 4 aliphatic rings. The molecule has 0 N–H and O–H groups in total. The van der Waals surface area contributed by atoms with Gasteiger partial charge in [-0.15, -0.1) is 0 Å². The summed E-state index contributed by atoms with van der Waals surface area (Å²) < 4.78 is 0. The number of carbonyl (C=O) groups is 1. The molecule has 156 valence electrons. The van der Waals surface area contributed by atoms with Gasteiger partial charge in [0.1, 0.15) is 0 Å². The normalized spacial score (nSPS) is 40.8. The van der Waals surface area contributed by atoms with Crippen LogP contribution in [-0.2, 0) is 11.2 Å². The highest BCUT2D eigenvalue weighted by molar-refractivity contribution is 5.74. The van der Waals surface area contributed by atoms with Crippen molar-refractivity contribution in [3.05, 3.63) is 29.9 Å². The SMILES string of the molecule is CCc1cncc(C2=CCC3C4CCC5N(C(C)=O)CCC5(C)C4CCC23C)n1. The highest BCUT2D eigenvalue weighted by atomic mass is 16.2. The molecule has 1 saturated heterocycles. The molecule has 0 aromatic carbocycles. The van der Waals surface area contributed by atoms with Crippen molar-refractivity contribution in [1.82, 2.24) is 14.9 Å². The Hall–Kier alpha value is -1.71. The lowest BCUT2D eigenvalue weighted by molar-refractivity contribution is -0.134. The van der Waals surface area contributed by atoms with Crippen LogP contribution in [0.2, 0.25) is 0 Å². The summed E-state index contributed by atoms with van der Waals surface area (Å²) in [5.41, 5.74) is 4.18. The van der Waals surface area contributed by atoms with Crippen molar-refractivity contribution in [3.63, 3.8) is 0 Å². The first-order valence-electron chi connectivity index (χ1n) is 11.7. The van der Waals surface area contributed by atoms with E-state index in [2.05, 4.69) is 36.7 Å². The minimum absolute atomic E-state index is 0.226. The largest absolute Gasteiger partial charge is 0.339 e. The molecule has 0 spiro atoms. The molecule has 6 unspecified atom stereocenters. The van der Waals surface area contributed by atoms with E-state index in [0.717, 1.165) is 36.2 Å². The van der Waals surface area contributed by atoms with E-state index in [-0.39, 0.29) is 11.3 Å². The number of nitrogens with zero attached hydrogens (tertiary/aromatic N) is 3. The number of likely N-dealkylation sites (tertiary alicyclic amines) is 1. The van der Waals surface area contributed by atoms with Crippen LogP contribution in [0.3, 0.4) is 0 Å². The molecule has 1 aromatic rings. The summed E-state index contributed by atoms with van der Waals surface area (Å²) in [6.07, 6.45) is 14.7. The molecule has 2 heterocycles. The van der Waals surface area contributed by atoms with E-state index in [1.165, 1.54) is 44.1 Å². The molecule has 6 atom stereocenters. The fourth-order valence-corrected chi connectivity index (χ4v) is 7.86. The van der Waals surface area contributed by atoms with Gasteiger partial charge in [-0.3, -0.25) is 9.78 Å². The summed E-state index contributed by atoms with van der Waals surface area (Å²) in [7, 11) is 0.